The molecule has 0 aliphatic carbocycles. The lowest BCUT2D eigenvalue weighted by Gasteiger charge is -2.24. The molecule has 0 heterocycles. The molecule has 0 bridgehead atoms. The number of carbonyl (C=O) groups is 3. The number of azo groups is 1. The number of nitrogens with zero attached hydrogens (tertiary/aromatic N) is 2. The van der Waals surface area contributed by atoms with Crippen molar-refractivity contribution in [1.29, 1.82) is 0 Å². The van der Waals surface area contributed by atoms with Gasteiger partial charge in [-0.1, -0.05) is 30.3 Å². The van der Waals surface area contributed by atoms with Gasteiger partial charge in [-0.05, 0) is 30.7 Å². The maximum atomic E-state index is 12.1. The molecular weight excluding hydrogens is 388 g/mol. The number of esters is 3. The zero-order chi connectivity index (χ0) is 22.1. The summed E-state index contributed by atoms with van der Waals surface area (Å²) < 4.78 is 14.8. The minimum Gasteiger partial charge on any atom is -0.465 e. The average Bonchev–Trinajstić information content (AvgIpc) is 2.76. The van der Waals surface area contributed by atoms with E-state index in [9.17, 15) is 14.4 Å². The summed E-state index contributed by atoms with van der Waals surface area (Å²) in [7, 11) is 2.59. The van der Waals surface area contributed by atoms with Gasteiger partial charge in [0.25, 0.3) is 0 Å². The monoisotopic (exact) mass is 412 g/mol. The van der Waals surface area contributed by atoms with Crippen LogP contribution in [0.2, 0.25) is 0 Å². The molecule has 30 heavy (non-hydrogen) atoms. The van der Waals surface area contributed by atoms with Gasteiger partial charge in [-0.15, -0.1) is 0 Å². The van der Waals surface area contributed by atoms with Gasteiger partial charge in [-0.3, -0.25) is 4.79 Å². The van der Waals surface area contributed by atoms with E-state index in [1.807, 2.05) is 0 Å². The van der Waals surface area contributed by atoms with Gasteiger partial charge in [0.05, 0.1) is 31.0 Å². The largest absolute Gasteiger partial charge is 0.465 e. The fourth-order valence-electron chi connectivity index (χ4n) is 2.78. The third-order valence-electron chi connectivity index (χ3n) is 4.29. The van der Waals surface area contributed by atoms with E-state index in [0.29, 0.717) is 16.8 Å². The molecule has 0 radical (unpaired) electrons. The molecule has 0 aliphatic rings. The molecule has 2 aromatic carbocycles. The number of hydrogen-bond donors (Lipinski definition) is 0. The first-order valence-electron chi connectivity index (χ1n) is 9.19. The van der Waals surface area contributed by atoms with Crippen molar-refractivity contribution in [2.45, 2.75) is 25.8 Å². The molecule has 0 aliphatic heterocycles. The molecule has 2 rings (SSSR count). The highest BCUT2D eigenvalue weighted by Crippen LogP contribution is 2.26. The van der Waals surface area contributed by atoms with Crippen molar-refractivity contribution in [1.82, 2.24) is 0 Å². The lowest BCUT2D eigenvalue weighted by Crippen LogP contribution is -2.33. The predicted molar refractivity (Wildman–Crippen MR) is 109 cm³/mol. The van der Waals surface area contributed by atoms with Gasteiger partial charge in [0.1, 0.15) is 12.1 Å². The topological polar surface area (TPSA) is 104 Å². The number of carbonyl (C=O) groups excluding carboxylic acids is 3. The minimum absolute atomic E-state index is 0.0677. The Bertz CT molecular complexity index is 956. The molecule has 1 unspecified atom stereocenters. The lowest BCUT2D eigenvalue weighted by atomic mass is 9.91. The van der Waals surface area contributed by atoms with Crippen LogP contribution in [-0.4, -0.2) is 44.3 Å². The summed E-state index contributed by atoms with van der Waals surface area (Å²) in [5.41, 5.74) is 0.630. The van der Waals surface area contributed by atoms with Gasteiger partial charge < -0.3 is 14.2 Å². The Kier molecular flexibility index (Phi) is 7.80. The second-order valence-electron chi connectivity index (χ2n) is 6.81. The molecule has 0 saturated heterocycles. The molecule has 1 atom stereocenters. The second-order valence-corrected chi connectivity index (χ2v) is 6.81. The summed E-state index contributed by atoms with van der Waals surface area (Å²) in [4.78, 5) is 35.5. The van der Waals surface area contributed by atoms with Crippen LogP contribution in [0.4, 0.5) is 5.69 Å². The van der Waals surface area contributed by atoms with Crippen molar-refractivity contribution in [3.8, 4) is 0 Å². The minimum atomic E-state index is -1.00. The molecule has 8 heteroatoms. The lowest BCUT2D eigenvalue weighted by molar-refractivity contribution is -0.142. The van der Waals surface area contributed by atoms with Crippen molar-refractivity contribution < 1.29 is 28.6 Å². The van der Waals surface area contributed by atoms with Gasteiger partial charge in [-0.2, -0.15) is 10.2 Å². The van der Waals surface area contributed by atoms with Crippen molar-refractivity contribution in [3.63, 3.8) is 0 Å². The van der Waals surface area contributed by atoms with Gasteiger partial charge in [0, 0.05) is 13.3 Å². The van der Waals surface area contributed by atoms with Gasteiger partial charge in [-0.25, -0.2) is 9.59 Å². The Hall–Kier alpha value is -3.55. The Morgan fingerprint density at radius 2 is 1.47 bits per heavy atom. The van der Waals surface area contributed by atoms with E-state index in [0.717, 1.165) is 0 Å². The number of methoxy groups -OCH3 is 2. The predicted octanol–water partition coefficient (Wildman–Crippen LogP) is 3.91. The molecule has 0 aromatic heterocycles. The van der Waals surface area contributed by atoms with Crippen LogP contribution in [0, 0.1) is 0 Å². The van der Waals surface area contributed by atoms with E-state index in [4.69, 9.17) is 14.2 Å². The molecule has 2 aromatic rings. The molecule has 0 N–H and O–H groups in total. The Balaban J connectivity index is 2.41. The molecular formula is C22H24N2O6. The maximum absolute atomic E-state index is 12.1. The van der Waals surface area contributed by atoms with E-state index in [-0.39, 0.29) is 18.6 Å². The molecule has 8 nitrogen and oxygen atoms in total. The van der Waals surface area contributed by atoms with E-state index in [1.54, 1.807) is 55.5 Å². The SMILES string of the molecule is COC(=O)c1ccccc1CC(C)(COC(C)=O)N=Nc1ccccc1C(=O)OC. The molecule has 0 spiro atoms. The summed E-state index contributed by atoms with van der Waals surface area (Å²) in [6, 6.07) is 13.6. The average molecular weight is 412 g/mol. The van der Waals surface area contributed by atoms with Crippen LogP contribution in [0.3, 0.4) is 0 Å². The second kappa shape index (κ2) is 10.3. The third-order valence-corrected chi connectivity index (χ3v) is 4.29. The van der Waals surface area contributed by atoms with E-state index >= 15 is 0 Å². The molecule has 0 amide bonds. The summed E-state index contributed by atoms with van der Waals surface area (Å²) >= 11 is 0. The van der Waals surface area contributed by atoms with Crippen LogP contribution in [0.5, 0.6) is 0 Å². The standard InChI is InChI=1S/C22H24N2O6/c1-15(25)30-14-22(2,13-16-9-5-6-10-17(16)20(26)28-3)24-23-19-12-8-7-11-18(19)21(27)29-4/h5-12H,13-14H2,1-4H3. The van der Waals surface area contributed by atoms with Crippen LogP contribution in [0.25, 0.3) is 0 Å². The summed E-state index contributed by atoms with van der Waals surface area (Å²) in [6.45, 7) is 2.97. The van der Waals surface area contributed by atoms with E-state index in [1.165, 1.54) is 21.1 Å². The van der Waals surface area contributed by atoms with E-state index in [2.05, 4.69) is 10.2 Å². The zero-order valence-electron chi connectivity index (χ0n) is 17.4. The first-order valence-corrected chi connectivity index (χ1v) is 9.19. The third kappa shape index (κ3) is 5.97. The number of ether oxygens (including phenoxy) is 3. The van der Waals surface area contributed by atoms with Gasteiger partial charge in [0.15, 0.2) is 0 Å². The Labute approximate surface area is 174 Å². The number of hydrogen-bond acceptors (Lipinski definition) is 8. The Morgan fingerprint density at radius 3 is 2.10 bits per heavy atom. The van der Waals surface area contributed by atoms with Gasteiger partial charge >= 0.3 is 17.9 Å². The molecule has 0 fully saturated rings. The van der Waals surface area contributed by atoms with Gasteiger partial charge in [0.2, 0.25) is 0 Å². The molecule has 0 saturated carbocycles. The van der Waals surface area contributed by atoms with Crippen LogP contribution in [-0.2, 0) is 25.4 Å². The highest BCUT2D eigenvalue weighted by Gasteiger charge is 2.29. The molecule has 158 valence electrons. The summed E-state index contributed by atoms with van der Waals surface area (Å²) in [5.74, 6) is -1.48. The number of rotatable bonds is 8. The highest BCUT2D eigenvalue weighted by atomic mass is 16.5. The van der Waals surface area contributed by atoms with Crippen LogP contribution in [0.15, 0.2) is 58.8 Å². The van der Waals surface area contributed by atoms with Crippen molar-refractivity contribution >= 4 is 23.6 Å². The zero-order valence-corrected chi connectivity index (χ0v) is 17.4. The number of benzene rings is 2. The van der Waals surface area contributed by atoms with Crippen molar-refractivity contribution in [3.05, 3.63) is 65.2 Å². The fourth-order valence-corrected chi connectivity index (χ4v) is 2.78. The van der Waals surface area contributed by atoms with E-state index < -0.39 is 23.4 Å². The van der Waals surface area contributed by atoms with Crippen LogP contribution < -0.4 is 0 Å². The maximum Gasteiger partial charge on any atom is 0.340 e. The fraction of sp³-hybridized carbons (Fsp3) is 0.318. The van der Waals surface area contributed by atoms with Crippen LogP contribution in [0.1, 0.15) is 40.1 Å². The summed E-state index contributed by atoms with van der Waals surface area (Å²) in [5, 5.41) is 8.62. The first-order chi connectivity index (χ1) is 14.3. The van der Waals surface area contributed by atoms with Crippen LogP contribution >= 0.6 is 0 Å². The Morgan fingerprint density at radius 1 is 0.900 bits per heavy atom. The summed E-state index contributed by atoms with van der Waals surface area (Å²) in [6.07, 6.45) is 0.245. The highest BCUT2D eigenvalue weighted by molar-refractivity contribution is 5.94. The first kappa shape index (κ1) is 22.7. The van der Waals surface area contributed by atoms with Crippen molar-refractivity contribution in [2.75, 3.05) is 20.8 Å². The van der Waals surface area contributed by atoms with Crippen molar-refractivity contribution in [2.24, 2.45) is 10.2 Å². The quantitative estimate of drug-likeness (QED) is 0.370. The normalized spacial score (nSPS) is 12.8. The smallest absolute Gasteiger partial charge is 0.340 e.